The average Bonchev–Trinajstić information content (AvgIpc) is 3.21. The van der Waals surface area contributed by atoms with Crippen molar-refractivity contribution in [2.45, 2.75) is 57.5 Å². The largest absolute Gasteiger partial charge is 0.497 e. The van der Waals surface area contributed by atoms with E-state index < -0.39 is 6.10 Å². The lowest BCUT2D eigenvalue weighted by Gasteiger charge is -2.33. The maximum atomic E-state index is 11.4. The summed E-state index contributed by atoms with van der Waals surface area (Å²) in [5, 5.41) is 11.4. The molecule has 0 aliphatic heterocycles. The van der Waals surface area contributed by atoms with Crippen molar-refractivity contribution in [1.82, 2.24) is 9.38 Å². The van der Waals surface area contributed by atoms with Gasteiger partial charge in [0.15, 0.2) is 0 Å². The summed E-state index contributed by atoms with van der Waals surface area (Å²) >= 11 is 0. The predicted molar refractivity (Wildman–Crippen MR) is 112 cm³/mol. The van der Waals surface area contributed by atoms with Gasteiger partial charge in [0.2, 0.25) is 0 Å². The minimum atomic E-state index is -0.457. The number of hydrogen-bond acceptors (Lipinski definition) is 3. The number of hydrogen-bond donors (Lipinski definition) is 1. The first kappa shape index (κ1) is 19.0. The van der Waals surface area contributed by atoms with Crippen LogP contribution >= 0.6 is 0 Å². The van der Waals surface area contributed by atoms with Crippen molar-refractivity contribution in [2.24, 2.45) is 5.92 Å². The molecule has 0 radical (unpaired) electrons. The Labute approximate surface area is 167 Å². The quantitative estimate of drug-likeness (QED) is 0.640. The normalized spacial score (nSPS) is 21.2. The first-order valence-electron chi connectivity index (χ1n) is 10.4. The van der Waals surface area contributed by atoms with Gasteiger partial charge in [-0.25, -0.2) is 4.98 Å². The highest BCUT2D eigenvalue weighted by Crippen LogP contribution is 2.42. The summed E-state index contributed by atoms with van der Waals surface area (Å²) in [5.74, 6) is 2.12. The number of methoxy groups -OCH3 is 1. The van der Waals surface area contributed by atoms with Gasteiger partial charge in [-0.15, -0.1) is 0 Å². The van der Waals surface area contributed by atoms with Gasteiger partial charge in [-0.2, -0.15) is 0 Å². The Bertz CT molecular complexity index is 939. The summed E-state index contributed by atoms with van der Waals surface area (Å²) in [4.78, 5) is 4.30. The van der Waals surface area contributed by atoms with E-state index in [4.69, 9.17) is 4.74 Å². The molecule has 28 heavy (non-hydrogen) atoms. The smallest absolute Gasteiger partial charge is 0.119 e. The van der Waals surface area contributed by atoms with Crippen molar-refractivity contribution in [3.05, 3.63) is 65.7 Å². The Balaban J connectivity index is 1.54. The summed E-state index contributed by atoms with van der Waals surface area (Å²) in [6.45, 7) is 4.38. The number of nitrogens with zero attached hydrogens (tertiary/aromatic N) is 2. The van der Waals surface area contributed by atoms with Crippen LogP contribution in [0.2, 0.25) is 0 Å². The zero-order valence-electron chi connectivity index (χ0n) is 17.0. The van der Waals surface area contributed by atoms with Crippen LogP contribution in [0.4, 0.5) is 0 Å². The van der Waals surface area contributed by atoms with Crippen molar-refractivity contribution in [3.63, 3.8) is 0 Å². The first-order chi connectivity index (χ1) is 13.6. The van der Waals surface area contributed by atoms with Crippen molar-refractivity contribution in [3.8, 4) is 5.75 Å². The van der Waals surface area contributed by atoms with E-state index in [9.17, 15) is 5.11 Å². The Morgan fingerprint density at radius 3 is 2.61 bits per heavy atom. The first-order valence-corrected chi connectivity index (χ1v) is 10.4. The number of rotatable bonds is 5. The molecular weight excluding hydrogens is 348 g/mol. The highest BCUT2D eigenvalue weighted by atomic mass is 16.5. The molecule has 4 heteroatoms. The second kappa shape index (κ2) is 7.96. The highest BCUT2D eigenvalue weighted by Gasteiger charge is 2.31. The minimum absolute atomic E-state index is 0.285. The van der Waals surface area contributed by atoms with Crippen LogP contribution in [0.5, 0.6) is 5.75 Å². The molecule has 3 aromatic rings. The second-order valence-electron chi connectivity index (χ2n) is 8.35. The lowest BCUT2D eigenvalue weighted by Crippen LogP contribution is -2.22. The van der Waals surface area contributed by atoms with Crippen LogP contribution < -0.4 is 4.74 Å². The molecule has 4 nitrogen and oxygen atoms in total. The topological polar surface area (TPSA) is 46.8 Å². The van der Waals surface area contributed by atoms with Crippen molar-refractivity contribution in [1.29, 1.82) is 0 Å². The number of benzene rings is 1. The van der Waals surface area contributed by atoms with Crippen LogP contribution in [0, 0.1) is 5.92 Å². The molecule has 0 unspecified atom stereocenters. The number of imidazole rings is 1. The molecule has 1 saturated carbocycles. The van der Waals surface area contributed by atoms with E-state index >= 15 is 0 Å². The van der Waals surface area contributed by atoms with Gasteiger partial charge in [0.1, 0.15) is 5.75 Å². The molecule has 1 atom stereocenters. The van der Waals surface area contributed by atoms with Crippen molar-refractivity contribution < 1.29 is 9.84 Å². The summed E-state index contributed by atoms with van der Waals surface area (Å²) in [5.41, 5.74) is 4.64. The number of pyridine rings is 1. The Morgan fingerprint density at radius 2 is 1.89 bits per heavy atom. The van der Waals surface area contributed by atoms with E-state index in [0.29, 0.717) is 11.8 Å². The molecule has 0 amide bonds. The molecular formula is C24H30N2O2. The molecule has 1 aliphatic rings. The van der Waals surface area contributed by atoms with Crippen LogP contribution in [0.1, 0.15) is 74.3 Å². The van der Waals surface area contributed by atoms with Crippen LogP contribution in [0.3, 0.4) is 0 Å². The summed E-state index contributed by atoms with van der Waals surface area (Å²) in [6.07, 6.45) is 7.51. The molecule has 148 valence electrons. The van der Waals surface area contributed by atoms with Gasteiger partial charge >= 0.3 is 0 Å². The molecule has 1 N–H and O–H groups in total. The third kappa shape index (κ3) is 3.53. The van der Waals surface area contributed by atoms with E-state index in [0.717, 1.165) is 42.6 Å². The number of aliphatic hydroxyl groups excluding tert-OH is 1. The van der Waals surface area contributed by atoms with Crippen molar-refractivity contribution in [2.75, 3.05) is 7.11 Å². The maximum Gasteiger partial charge on any atom is 0.119 e. The lowest BCUT2D eigenvalue weighted by molar-refractivity contribution is 0.0752. The molecule has 2 heterocycles. The molecule has 2 aromatic heterocycles. The summed E-state index contributed by atoms with van der Waals surface area (Å²) in [7, 11) is 1.72. The van der Waals surface area contributed by atoms with E-state index in [1.807, 2.05) is 18.6 Å². The van der Waals surface area contributed by atoms with Crippen LogP contribution in [0.25, 0.3) is 5.52 Å². The zero-order valence-corrected chi connectivity index (χ0v) is 17.0. The molecule has 0 saturated heterocycles. The van der Waals surface area contributed by atoms with Gasteiger partial charge in [-0.05, 0) is 72.8 Å². The summed E-state index contributed by atoms with van der Waals surface area (Å²) < 4.78 is 7.46. The third-order valence-corrected chi connectivity index (χ3v) is 6.34. The monoisotopic (exact) mass is 378 g/mol. The fraction of sp³-hybridized carbons (Fsp3) is 0.458. The number of ether oxygens (including phenoxy) is 1. The SMILES string of the molecule is COc1cccc(C2CCC([C@H](O)c3c(C(C)C)ccc4cncn34)CC2)c1. The summed E-state index contributed by atoms with van der Waals surface area (Å²) in [6, 6.07) is 12.7. The van der Waals surface area contributed by atoms with Crippen LogP contribution in [0.15, 0.2) is 48.9 Å². The number of fused-ring (bicyclic) bond motifs is 1. The Kier molecular flexibility index (Phi) is 5.40. The van der Waals surface area contributed by atoms with Gasteiger partial charge in [0, 0.05) is 0 Å². The van der Waals surface area contributed by atoms with Crippen LogP contribution in [-0.4, -0.2) is 21.6 Å². The molecule has 1 aromatic carbocycles. The maximum absolute atomic E-state index is 11.4. The molecule has 0 bridgehead atoms. The van der Waals surface area contributed by atoms with Gasteiger partial charge in [0.25, 0.3) is 0 Å². The average molecular weight is 379 g/mol. The molecule has 1 fully saturated rings. The van der Waals surface area contributed by atoms with E-state index in [-0.39, 0.29) is 5.92 Å². The molecule has 0 spiro atoms. The van der Waals surface area contributed by atoms with Crippen LogP contribution in [-0.2, 0) is 0 Å². The van der Waals surface area contributed by atoms with Crippen molar-refractivity contribution >= 4 is 5.52 Å². The fourth-order valence-electron chi connectivity index (χ4n) is 4.72. The van der Waals surface area contributed by atoms with Gasteiger partial charge < -0.3 is 14.2 Å². The van der Waals surface area contributed by atoms with E-state index in [1.54, 1.807) is 7.11 Å². The Morgan fingerprint density at radius 1 is 1.11 bits per heavy atom. The fourth-order valence-corrected chi connectivity index (χ4v) is 4.72. The van der Waals surface area contributed by atoms with E-state index in [2.05, 4.69) is 53.6 Å². The van der Waals surface area contributed by atoms with Gasteiger partial charge in [0.05, 0.1) is 36.9 Å². The lowest BCUT2D eigenvalue weighted by atomic mass is 9.75. The molecule has 1 aliphatic carbocycles. The van der Waals surface area contributed by atoms with Gasteiger partial charge in [-0.1, -0.05) is 32.0 Å². The Hall–Kier alpha value is -2.33. The highest BCUT2D eigenvalue weighted by molar-refractivity contribution is 5.49. The number of aliphatic hydroxyl groups is 1. The third-order valence-electron chi connectivity index (χ3n) is 6.34. The van der Waals surface area contributed by atoms with E-state index in [1.165, 1.54) is 11.1 Å². The van der Waals surface area contributed by atoms with Gasteiger partial charge in [-0.3, -0.25) is 0 Å². The zero-order chi connectivity index (χ0) is 19.7. The molecule has 4 rings (SSSR count). The minimum Gasteiger partial charge on any atom is -0.497 e. The standard InChI is InChI=1S/C24H30N2O2/c1-16(2)22-12-11-20-14-25-15-26(20)23(22)24(27)18-9-7-17(8-10-18)19-5-4-6-21(13-19)28-3/h4-6,11-18,24,27H,7-10H2,1-3H3/t17?,18?,24-/m0/s1. The second-order valence-corrected chi connectivity index (χ2v) is 8.35. The number of aromatic nitrogens is 2. The predicted octanol–water partition coefficient (Wildman–Crippen LogP) is 5.47.